The standard InChI is InChI=1S/C22H21N3O3/c1-28-22(27)16-9-11-20(25-12-4-5-13-25)19(14-16)24-21(26)18-10-8-15-6-2-3-7-17(15)23-18/h2-3,6-11,14H,4-5,12-13H2,1H3,(H,24,26). The molecule has 2 aromatic carbocycles. The zero-order valence-corrected chi connectivity index (χ0v) is 15.6. The molecule has 0 aliphatic carbocycles. The van der Waals surface area contributed by atoms with Crippen molar-refractivity contribution in [1.29, 1.82) is 0 Å². The summed E-state index contributed by atoms with van der Waals surface area (Å²) >= 11 is 0. The molecule has 4 rings (SSSR count). The van der Waals surface area contributed by atoms with Gasteiger partial charge in [0.05, 0.1) is 29.6 Å². The highest BCUT2D eigenvalue weighted by Gasteiger charge is 2.20. The summed E-state index contributed by atoms with van der Waals surface area (Å²) in [6.07, 6.45) is 2.22. The van der Waals surface area contributed by atoms with Crippen molar-refractivity contribution in [2.24, 2.45) is 0 Å². The van der Waals surface area contributed by atoms with Gasteiger partial charge in [-0.3, -0.25) is 4.79 Å². The minimum atomic E-state index is -0.438. The largest absolute Gasteiger partial charge is 0.465 e. The van der Waals surface area contributed by atoms with Gasteiger partial charge in [0.2, 0.25) is 0 Å². The smallest absolute Gasteiger partial charge is 0.337 e. The molecule has 0 saturated carbocycles. The van der Waals surface area contributed by atoms with Crippen LogP contribution in [-0.4, -0.2) is 37.1 Å². The number of benzene rings is 2. The van der Waals surface area contributed by atoms with E-state index in [1.807, 2.05) is 36.4 Å². The summed E-state index contributed by atoms with van der Waals surface area (Å²) in [5.41, 5.74) is 2.98. The van der Waals surface area contributed by atoms with Crippen molar-refractivity contribution in [1.82, 2.24) is 4.98 Å². The number of ether oxygens (including phenoxy) is 1. The molecule has 0 bridgehead atoms. The zero-order chi connectivity index (χ0) is 19.5. The second-order valence-electron chi connectivity index (χ2n) is 6.76. The lowest BCUT2D eigenvalue weighted by atomic mass is 10.1. The predicted octanol–water partition coefficient (Wildman–Crippen LogP) is 3.87. The molecule has 6 nitrogen and oxygen atoms in total. The van der Waals surface area contributed by atoms with Crippen LogP contribution in [-0.2, 0) is 4.74 Å². The predicted molar refractivity (Wildman–Crippen MR) is 109 cm³/mol. The SMILES string of the molecule is COC(=O)c1ccc(N2CCCC2)c(NC(=O)c2ccc3ccccc3n2)c1. The lowest BCUT2D eigenvalue weighted by molar-refractivity contribution is 0.0600. The van der Waals surface area contributed by atoms with Crippen molar-refractivity contribution in [2.75, 3.05) is 30.4 Å². The third-order valence-corrected chi connectivity index (χ3v) is 4.94. The van der Waals surface area contributed by atoms with Crippen molar-refractivity contribution >= 4 is 34.2 Å². The Morgan fingerprint density at radius 3 is 2.61 bits per heavy atom. The summed E-state index contributed by atoms with van der Waals surface area (Å²) in [5, 5.41) is 3.91. The van der Waals surface area contributed by atoms with Crippen LogP contribution in [0.25, 0.3) is 10.9 Å². The summed E-state index contributed by atoms with van der Waals surface area (Å²) in [5.74, 6) is -0.750. The van der Waals surface area contributed by atoms with Crippen LogP contribution in [0.3, 0.4) is 0 Å². The third kappa shape index (κ3) is 3.53. The van der Waals surface area contributed by atoms with Crippen molar-refractivity contribution in [3.63, 3.8) is 0 Å². The molecule has 1 N–H and O–H groups in total. The lowest BCUT2D eigenvalue weighted by Crippen LogP contribution is -2.22. The van der Waals surface area contributed by atoms with Crippen LogP contribution in [0.4, 0.5) is 11.4 Å². The number of aromatic nitrogens is 1. The van der Waals surface area contributed by atoms with Crippen LogP contribution in [0, 0.1) is 0 Å². The van der Waals surface area contributed by atoms with Crippen LogP contribution in [0.1, 0.15) is 33.7 Å². The minimum Gasteiger partial charge on any atom is -0.465 e. The molecule has 0 atom stereocenters. The molecule has 1 aliphatic heterocycles. The Morgan fingerprint density at radius 1 is 1.04 bits per heavy atom. The zero-order valence-electron chi connectivity index (χ0n) is 15.6. The van der Waals surface area contributed by atoms with Crippen LogP contribution in [0.5, 0.6) is 0 Å². The maximum absolute atomic E-state index is 12.9. The third-order valence-electron chi connectivity index (χ3n) is 4.94. The number of amides is 1. The summed E-state index contributed by atoms with van der Waals surface area (Å²) in [6.45, 7) is 1.85. The second-order valence-corrected chi connectivity index (χ2v) is 6.76. The fourth-order valence-electron chi connectivity index (χ4n) is 3.49. The van der Waals surface area contributed by atoms with E-state index < -0.39 is 5.97 Å². The lowest BCUT2D eigenvalue weighted by Gasteiger charge is -2.22. The molecule has 2 heterocycles. The minimum absolute atomic E-state index is 0.312. The van der Waals surface area contributed by atoms with Crippen molar-refractivity contribution in [2.45, 2.75) is 12.8 Å². The first-order valence-electron chi connectivity index (χ1n) is 9.30. The Morgan fingerprint density at radius 2 is 1.82 bits per heavy atom. The number of methoxy groups -OCH3 is 1. The van der Waals surface area contributed by atoms with Gasteiger partial charge >= 0.3 is 5.97 Å². The molecule has 1 aromatic heterocycles. The van der Waals surface area contributed by atoms with E-state index in [-0.39, 0.29) is 5.91 Å². The quantitative estimate of drug-likeness (QED) is 0.701. The number of para-hydroxylation sites is 1. The monoisotopic (exact) mass is 375 g/mol. The first kappa shape index (κ1) is 18.0. The molecule has 0 radical (unpaired) electrons. The molecule has 1 saturated heterocycles. The molecule has 0 unspecified atom stereocenters. The summed E-state index contributed by atoms with van der Waals surface area (Å²) in [7, 11) is 1.34. The van der Waals surface area contributed by atoms with Gasteiger partial charge in [-0.05, 0) is 43.2 Å². The second kappa shape index (κ2) is 7.68. The molecular weight excluding hydrogens is 354 g/mol. The molecule has 142 valence electrons. The Balaban J connectivity index is 1.67. The Kier molecular flexibility index (Phi) is 4.93. The number of nitrogens with one attached hydrogen (secondary N) is 1. The van der Waals surface area contributed by atoms with Crippen LogP contribution in [0.2, 0.25) is 0 Å². The first-order valence-corrected chi connectivity index (χ1v) is 9.30. The number of nitrogens with zero attached hydrogens (tertiary/aromatic N) is 2. The number of hydrogen-bond acceptors (Lipinski definition) is 5. The van der Waals surface area contributed by atoms with Gasteiger partial charge in [-0.1, -0.05) is 24.3 Å². The number of carbonyl (C=O) groups is 2. The summed E-state index contributed by atoms with van der Waals surface area (Å²) < 4.78 is 4.82. The highest BCUT2D eigenvalue weighted by atomic mass is 16.5. The van der Waals surface area contributed by atoms with E-state index in [0.29, 0.717) is 16.9 Å². The van der Waals surface area contributed by atoms with E-state index >= 15 is 0 Å². The molecule has 3 aromatic rings. The maximum atomic E-state index is 12.9. The number of esters is 1. The number of anilines is 2. The molecule has 1 aliphatic rings. The van der Waals surface area contributed by atoms with Gasteiger partial charge in [0.25, 0.3) is 5.91 Å². The van der Waals surface area contributed by atoms with Crippen molar-refractivity contribution in [3.05, 3.63) is 65.9 Å². The van der Waals surface area contributed by atoms with Crippen LogP contribution in [0.15, 0.2) is 54.6 Å². The fourth-order valence-corrected chi connectivity index (χ4v) is 3.49. The average Bonchev–Trinajstić information content (AvgIpc) is 3.27. The molecule has 1 fully saturated rings. The highest BCUT2D eigenvalue weighted by Crippen LogP contribution is 2.30. The average molecular weight is 375 g/mol. The number of fused-ring (bicyclic) bond motifs is 1. The maximum Gasteiger partial charge on any atom is 0.337 e. The van der Waals surface area contributed by atoms with Crippen LogP contribution >= 0.6 is 0 Å². The number of hydrogen-bond donors (Lipinski definition) is 1. The fraction of sp³-hybridized carbons (Fsp3) is 0.227. The van der Waals surface area contributed by atoms with Gasteiger partial charge < -0.3 is 15.0 Å². The van der Waals surface area contributed by atoms with Gasteiger partial charge in [0.15, 0.2) is 0 Å². The molecular formula is C22H21N3O3. The van der Waals surface area contributed by atoms with E-state index in [4.69, 9.17) is 4.74 Å². The number of pyridine rings is 1. The Bertz CT molecular complexity index is 1040. The van der Waals surface area contributed by atoms with E-state index in [0.717, 1.165) is 42.5 Å². The topological polar surface area (TPSA) is 71.5 Å². The Labute approximate surface area is 163 Å². The molecule has 1 amide bonds. The Hall–Kier alpha value is -3.41. The molecule has 6 heteroatoms. The van der Waals surface area contributed by atoms with E-state index in [2.05, 4.69) is 15.2 Å². The number of rotatable bonds is 4. The van der Waals surface area contributed by atoms with E-state index in [1.54, 1.807) is 18.2 Å². The van der Waals surface area contributed by atoms with Crippen molar-refractivity contribution < 1.29 is 14.3 Å². The van der Waals surface area contributed by atoms with Gasteiger partial charge in [-0.15, -0.1) is 0 Å². The highest BCUT2D eigenvalue weighted by molar-refractivity contribution is 6.06. The van der Waals surface area contributed by atoms with E-state index in [1.165, 1.54) is 7.11 Å². The summed E-state index contributed by atoms with van der Waals surface area (Å²) in [4.78, 5) is 31.5. The normalized spacial score (nSPS) is 13.5. The molecule has 0 spiro atoms. The van der Waals surface area contributed by atoms with Gasteiger partial charge in [-0.25, -0.2) is 9.78 Å². The van der Waals surface area contributed by atoms with Gasteiger partial charge in [0, 0.05) is 18.5 Å². The summed E-state index contributed by atoms with van der Waals surface area (Å²) in [6, 6.07) is 16.5. The number of carbonyl (C=O) groups excluding carboxylic acids is 2. The first-order chi connectivity index (χ1) is 13.7. The molecule has 28 heavy (non-hydrogen) atoms. The van der Waals surface area contributed by atoms with Crippen molar-refractivity contribution in [3.8, 4) is 0 Å². The van der Waals surface area contributed by atoms with E-state index in [9.17, 15) is 9.59 Å². The van der Waals surface area contributed by atoms with Gasteiger partial charge in [0.1, 0.15) is 5.69 Å². The van der Waals surface area contributed by atoms with Crippen LogP contribution < -0.4 is 10.2 Å². The van der Waals surface area contributed by atoms with Gasteiger partial charge in [-0.2, -0.15) is 0 Å².